The van der Waals surface area contributed by atoms with E-state index in [2.05, 4.69) is 5.32 Å². The van der Waals surface area contributed by atoms with E-state index in [9.17, 15) is 13.2 Å². The molecule has 2 amide bonds. The average molecular weight is 409 g/mol. The largest absolute Gasteiger partial charge is 0.454 e. The fraction of sp³-hybridized carbons (Fsp3) is 0.278. The average Bonchev–Trinajstić information content (AvgIpc) is 3.31. The first kappa shape index (κ1) is 17.9. The molecule has 2 aromatic carbocycles. The molecule has 1 fully saturated rings. The van der Waals surface area contributed by atoms with Crippen molar-refractivity contribution in [1.29, 1.82) is 0 Å². The fourth-order valence-corrected chi connectivity index (χ4v) is 4.98. The van der Waals surface area contributed by atoms with Crippen molar-refractivity contribution in [3.05, 3.63) is 47.5 Å². The first-order chi connectivity index (χ1) is 12.9. The van der Waals surface area contributed by atoms with Crippen LogP contribution in [0.3, 0.4) is 0 Å². The van der Waals surface area contributed by atoms with E-state index >= 15 is 0 Å². The predicted octanol–water partition coefficient (Wildman–Crippen LogP) is 3.15. The lowest BCUT2D eigenvalue weighted by Crippen LogP contribution is -2.35. The van der Waals surface area contributed by atoms with E-state index in [0.29, 0.717) is 35.2 Å². The monoisotopic (exact) mass is 408 g/mol. The van der Waals surface area contributed by atoms with Crippen LogP contribution in [0, 0.1) is 0 Å². The highest BCUT2D eigenvalue weighted by Gasteiger charge is 2.36. The maximum atomic E-state index is 12.8. The number of nitrogens with one attached hydrogen (secondary N) is 1. The highest BCUT2D eigenvalue weighted by molar-refractivity contribution is 7.92. The van der Waals surface area contributed by atoms with E-state index in [1.807, 2.05) is 0 Å². The number of urea groups is 1. The lowest BCUT2D eigenvalue weighted by Gasteiger charge is -2.18. The van der Waals surface area contributed by atoms with Crippen molar-refractivity contribution < 1.29 is 22.7 Å². The summed E-state index contributed by atoms with van der Waals surface area (Å²) in [5, 5.41) is 2.61. The Morgan fingerprint density at radius 2 is 1.85 bits per heavy atom. The van der Waals surface area contributed by atoms with Crippen molar-refractivity contribution in [2.45, 2.75) is 16.6 Å². The maximum Gasteiger partial charge on any atom is 0.321 e. The molecule has 0 saturated carbocycles. The number of halogens is 1. The number of benzene rings is 2. The number of hydrogen-bond acceptors (Lipinski definition) is 5. The summed E-state index contributed by atoms with van der Waals surface area (Å²) in [5.41, 5.74) is 0.563. The van der Waals surface area contributed by atoms with Crippen LogP contribution in [0.2, 0.25) is 5.02 Å². The molecule has 142 valence electrons. The second-order valence-corrected chi connectivity index (χ2v) is 9.02. The zero-order chi connectivity index (χ0) is 19.0. The van der Waals surface area contributed by atoms with Crippen LogP contribution in [0.15, 0.2) is 47.4 Å². The summed E-state index contributed by atoms with van der Waals surface area (Å²) in [6, 6.07) is 10.8. The van der Waals surface area contributed by atoms with Gasteiger partial charge >= 0.3 is 6.03 Å². The molecule has 9 heteroatoms. The minimum absolute atomic E-state index is 0.140. The molecule has 2 aliphatic rings. The Bertz CT molecular complexity index is 978. The number of carbonyl (C=O) groups is 1. The molecule has 1 N–H and O–H groups in total. The van der Waals surface area contributed by atoms with Gasteiger partial charge in [-0.2, -0.15) is 0 Å². The van der Waals surface area contributed by atoms with Crippen molar-refractivity contribution in [2.75, 3.05) is 25.2 Å². The van der Waals surface area contributed by atoms with Gasteiger partial charge in [-0.05, 0) is 42.8 Å². The highest BCUT2D eigenvalue weighted by Crippen LogP contribution is 2.34. The minimum atomic E-state index is -3.52. The summed E-state index contributed by atoms with van der Waals surface area (Å²) >= 11 is 5.83. The fourth-order valence-electron chi connectivity index (χ4n) is 3.16. The third-order valence-corrected chi connectivity index (χ3v) is 7.08. The van der Waals surface area contributed by atoms with Crippen molar-refractivity contribution in [3.63, 3.8) is 0 Å². The third kappa shape index (κ3) is 3.54. The summed E-state index contributed by atoms with van der Waals surface area (Å²) in [7, 11) is -3.52. The minimum Gasteiger partial charge on any atom is -0.454 e. The first-order valence-electron chi connectivity index (χ1n) is 8.38. The van der Waals surface area contributed by atoms with Crippen LogP contribution in [0.5, 0.6) is 11.5 Å². The van der Waals surface area contributed by atoms with Gasteiger partial charge < -0.3 is 19.7 Å². The van der Waals surface area contributed by atoms with Gasteiger partial charge in [-0.25, -0.2) is 13.2 Å². The molecule has 1 saturated heterocycles. The van der Waals surface area contributed by atoms with Crippen LogP contribution < -0.4 is 14.8 Å². The summed E-state index contributed by atoms with van der Waals surface area (Å²) in [6.07, 6.45) is 0.388. The molecule has 27 heavy (non-hydrogen) atoms. The van der Waals surface area contributed by atoms with E-state index in [4.69, 9.17) is 21.1 Å². The number of sulfone groups is 1. The second kappa shape index (κ2) is 6.94. The van der Waals surface area contributed by atoms with Gasteiger partial charge in [0.2, 0.25) is 6.79 Å². The van der Waals surface area contributed by atoms with E-state index < -0.39 is 15.1 Å². The number of carbonyl (C=O) groups excluding carboxylic acids is 1. The molecule has 0 radical (unpaired) electrons. The Morgan fingerprint density at radius 3 is 2.63 bits per heavy atom. The molecule has 2 heterocycles. The Hall–Kier alpha value is -2.45. The molecule has 0 spiro atoms. The molecule has 2 aromatic rings. The van der Waals surface area contributed by atoms with E-state index in [0.717, 1.165) is 0 Å². The number of fused-ring (bicyclic) bond motifs is 1. The summed E-state index contributed by atoms with van der Waals surface area (Å²) < 4.78 is 36.1. The van der Waals surface area contributed by atoms with Gasteiger partial charge in [-0.15, -0.1) is 0 Å². The number of nitrogens with zero attached hydrogens (tertiary/aromatic N) is 1. The van der Waals surface area contributed by atoms with Gasteiger partial charge in [0.25, 0.3) is 0 Å². The molecule has 0 bridgehead atoms. The normalized spacial score (nSPS) is 18.6. The highest BCUT2D eigenvalue weighted by atomic mass is 35.5. The second-order valence-electron chi connectivity index (χ2n) is 6.35. The lowest BCUT2D eigenvalue weighted by atomic mass is 10.3. The topological polar surface area (TPSA) is 84.9 Å². The van der Waals surface area contributed by atoms with Gasteiger partial charge in [-0.3, -0.25) is 0 Å². The molecule has 7 nitrogen and oxygen atoms in total. The van der Waals surface area contributed by atoms with Crippen LogP contribution in [-0.4, -0.2) is 44.5 Å². The standard InChI is InChI=1S/C18H17ClN2O5S/c19-12-1-4-14(5-2-12)27(23,24)15-7-8-21(10-15)18(22)20-13-3-6-16-17(9-13)26-11-25-16/h1-6,9,15H,7-8,10-11H2,(H,20,22). The molecule has 0 aromatic heterocycles. The van der Waals surface area contributed by atoms with Gasteiger partial charge in [0.05, 0.1) is 10.1 Å². The summed E-state index contributed by atoms with van der Waals surface area (Å²) in [4.78, 5) is 14.2. The Morgan fingerprint density at radius 1 is 1.11 bits per heavy atom. The zero-order valence-corrected chi connectivity index (χ0v) is 15.8. The first-order valence-corrected chi connectivity index (χ1v) is 10.3. The number of amides is 2. The molecule has 0 aliphatic carbocycles. The van der Waals surface area contributed by atoms with Crippen molar-refractivity contribution in [2.24, 2.45) is 0 Å². The predicted molar refractivity (Wildman–Crippen MR) is 100 cm³/mol. The van der Waals surface area contributed by atoms with E-state index in [1.165, 1.54) is 17.0 Å². The Kier molecular flexibility index (Phi) is 4.61. The van der Waals surface area contributed by atoms with Crippen LogP contribution in [0.1, 0.15) is 6.42 Å². The molecule has 2 aliphatic heterocycles. The summed E-state index contributed by atoms with van der Waals surface area (Å²) in [6.45, 7) is 0.665. The van der Waals surface area contributed by atoms with Crippen LogP contribution >= 0.6 is 11.6 Å². The van der Waals surface area contributed by atoms with Crippen molar-refractivity contribution in [3.8, 4) is 11.5 Å². The number of rotatable bonds is 3. The van der Waals surface area contributed by atoms with Gasteiger partial charge in [0.15, 0.2) is 21.3 Å². The number of likely N-dealkylation sites (tertiary alicyclic amines) is 1. The van der Waals surface area contributed by atoms with Crippen molar-refractivity contribution >= 4 is 33.2 Å². The van der Waals surface area contributed by atoms with Crippen LogP contribution in [0.25, 0.3) is 0 Å². The quantitative estimate of drug-likeness (QED) is 0.843. The Balaban J connectivity index is 1.43. The van der Waals surface area contributed by atoms with Gasteiger partial charge in [0.1, 0.15) is 0 Å². The smallest absolute Gasteiger partial charge is 0.321 e. The molecule has 1 unspecified atom stereocenters. The number of anilines is 1. The summed E-state index contributed by atoms with van der Waals surface area (Å²) in [5.74, 6) is 1.20. The maximum absolute atomic E-state index is 12.8. The van der Waals surface area contributed by atoms with Crippen molar-refractivity contribution in [1.82, 2.24) is 4.90 Å². The van der Waals surface area contributed by atoms with Crippen LogP contribution in [0.4, 0.5) is 10.5 Å². The molecule has 1 atom stereocenters. The SMILES string of the molecule is O=C(Nc1ccc2c(c1)OCO2)N1CCC(S(=O)(=O)c2ccc(Cl)cc2)C1. The molecular weight excluding hydrogens is 392 g/mol. The zero-order valence-electron chi connectivity index (χ0n) is 14.2. The number of hydrogen-bond donors (Lipinski definition) is 1. The van der Waals surface area contributed by atoms with E-state index in [1.54, 1.807) is 30.3 Å². The Labute approximate surface area is 161 Å². The van der Waals surface area contributed by atoms with Gasteiger partial charge in [0, 0.05) is 29.9 Å². The molecule has 4 rings (SSSR count). The lowest BCUT2D eigenvalue weighted by molar-refractivity contribution is 0.174. The van der Waals surface area contributed by atoms with Crippen LogP contribution in [-0.2, 0) is 9.84 Å². The molecular formula is C18H17ClN2O5S. The van der Waals surface area contributed by atoms with Gasteiger partial charge in [-0.1, -0.05) is 11.6 Å². The number of ether oxygens (including phenoxy) is 2. The van der Waals surface area contributed by atoms with E-state index in [-0.39, 0.29) is 24.3 Å². The third-order valence-electron chi connectivity index (χ3n) is 4.64.